The monoisotopic (exact) mass is 389 g/mol. The first-order valence-corrected chi connectivity index (χ1v) is 8.28. The zero-order valence-electron chi connectivity index (χ0n) is 14.4. The molecule has 0 fully saturated rings. The maximum atomic E-state index is 12.5. The molecule has 0 N–H and O–H groups in total. The summed E-state index contributed by atoms with van der Waals surface area (Å²) in [5, 5.41) is 4.76. The second kappa shape index (κ2) is 8.55. The fraction of sp³-hybridized carbons (Fsp3) is 0.412. The second-order valence-electron chi connectivity index (χ2n) is 5.75. The van der Waals surface area contributed by atoms with Crippen LogP contribution in [0.3, 0.4) is 0 Å². The molecule has 0 spiro atoms. The van der Waals surface area contributed by atoms with Gasteiger partial charge in [-0.05, 0) is 24.6 Å². The van der Waals surface area contributed by atoms with Crippen molar-refractivity contribution in [2.75, 3.05) is 13.7 Å². The highest BCUT2D eigenvalue weighted by Gasteiger charge is 2.27. The number of aromatic nitrogens is 2. The van der Waals surface area contributed by atoms with Gasteiger partial charge in [-0.25, -0.2) is 0 Å². The van der Waals surface area contributed by atoms with Gasteiger partial charge in [0.2, 0.25) is 0 Å². The third kappa shape index (κ3) is 5.74. The van der Waals surface area contributed by atoms with Crippen molar-refractivity contribution in [1.29, 1.82) is 0 Å². The van der Waals surface area contributed by atoms with Gasteiger partial charge in [-0.15, -0.1) is 0 Å². The Morgan fingerprint density at radius 1 is 1.38 bits per heavy atom. The summed E-state index contributed by atoms with van der Waals surface area (Å²) in [5.74, 6) is -0.287. The van der Waals surface area contributed by atoms with Crippen LogP contribution in [-0.2, 0) is 24.4 Å². The molecule has 0 radical (unpaired) electrons. The van der Waals surface area contributed by atoms with Gasteiger partial charge >= 0.3 is 6.18 Å². The van der Waals surface area contributed by atoms with Gasteiger partial charge < -0.3 is 9.64 Å². The summed E-state index contributed by atoms with van der Waals surface area (Å²) in [6.07, 6.45) is -2.69. The van der Waals surface area contributed by atoms with E-state index in [9.17, 15) is 18.0 Å². The maximum Gasteiger partial charge on any atom is 0.411 e. The molecule has 142 valence electrons. The van der Waals surface area contributed by atoms with Gasteiger partial charge in [0.15, 0.2) is 0 Å². The third-order valence-corrected chi connectivity index (χ3v) is 3.87. The summed E-state index contributed by atoms with van der Waals surface area (Å²) < 4.78 is 42.7. The first kappa shape index (κ1) is 20.3. The van der Waals surface area contributed by atoms with E-state index in [4.69, 9.17) is 11.6 Å². The number of rotatable bonds is 7. The fourth-order valence-corrected chi connectivity index (χ4v) is 2.51. The van der Waals surface area contributed by atoms with Crippen LogP contribution in [0.25, 0.3) is 0 Å². The van der Waals surface area contributed by atoms with Crippen LogP contribution in [0.2, 0.25) is 5.02 Å². The summed E-state index contributed by atoms with van der Waals surface area (Å²) in [4.78, 5) is 14.0. The number of benzene rings is 1. The van der Waals surface area contributed by atoms with Gasteiger partial charge in [0.25, 0.3) is 5.91 Å². The molecule has 0 saturated carbocycles. The summed E-state index contributed by atoms with van der Waals surface area (Å²) in [6, 6.07) is 6.32. The highest BCUT2D eigenvalue weighted by molar-refractivity contribution is 6.31. The molecule has 0 saturated heterocycles. The lowest BCUT2D eigenvalue weighted by Gasteiger charge is -2.17. The van der Waals surface area contributed by atoms with E-state index < -0.39 is 12.8 Å². The Morgan fingerprint density at radius 3 is 2.73 bits per heavy atom. The van der Waals surface area contributed by atoms with Crippen LogP contribution >= 0.6 is 11.6 Å². The fourth-order valence-electron chi connectivity index (χ4n) is 2.30. The molecule has 9 heteroatoms. The molecule has 26 heavy (non-hydrogen) atoms. The molecule has 2 rings (SSSR count). The van der Waals surface area contributed by atoms with Crippen LogP contribution in [0.4, 0.5) is 13.2 Å². The number of nitrogens with zero attached hydrogens (tertiary/aromatic N) is 3. The van der Waals surface area contributed by atoms with Crippen molar-refractivity contribution in [2.45, 2.75) is 32.8 Å². The van der Waals surface area contributed by atoms with Crippen molar-refractivity contribution in [3.05, 3.63) is 52.3 Å². The Hall–Kier alpha value is -2.06. The predicted octanol–water partition coefficient (Wildman–Crippen LogP) is 3.91. The zero-order chi connectivity index (χ0) is 19.3. The van der Waals surface area contributed by atoms with Crippen LogP contribution < -0.4 is 0 Å². The Kier molecular flexibility index (Phi) is 6.66. The van der Waals surface area contributed by atoms with E-state index in [1.165, 1.54) is 11.0 Å². The standard InChI is InChI=1S/C17H19ClF3N3O2/c1-3-24-8-14(18)15(22-24)9-23(2)16(25)13-6-4-5-12(7-13)10-26-11-17(19,20)21/h4-8H,3,9-11H2,1-2H3. The Balaban J connectivity index is 2.01. The minimum absolute atomic E-state index is 0.222. The van der Waals surface area contributed by atoms with Crippen LogP contribution in [-0.4, -0.2) is 40.4 Å². The molecule has 1 amide bonds. The molecule has 0 unspecified atom stereocenters. The quantitative estimate of drug-likeness (QED) is 0.721. The van der Waals surface area contributed by atoms with Gasteiger partial charge in [0.1, 0.15) is 12.3 Å². The van der Waals surface area contributed by atoms with Gasteiger partial charge in [-0.2, -0.15) is 18.3 Å². The van der Waals surface area contributed by atoms with Gasteiger partial charge in [0.05, 0.1) is 18.2 Å². The van der Waals surface area contributed by atoms with E-state index in [1.54, 1.807) is 36.1 Å². The number of aryl methyl sites for hydroxylation is 1. The number of alkyl halides is 3. The van der Waals surface area contributed by atoms with Crippen molar-refractivity contribution in [3.8, 4) is 0 Å². The number of carbonyl (C=O) groups excluding carboxylic acids is 1. The molecule has 1 aromatic heterocycles. The molecule has 0 aliphatic carbocycles. The molecule has 0 bridgehead atoms. The number of hydrogen-bond acceptors (Lipinski definition) is 3. The molecular weight excluding hydrogens is 371 g/mol. The van der Waals surface area contributed by atoms with Crippen LogP contribution in [0, 0.1) is 0 Å². The number of hydrogen-bond donors (Lipinski definition) is 0. The van der Waals surface area contributed by atoms with Crippen molar-refractivity contribution in [2.24, 2.45) is 0 Å². The summed E-state index contributed by atoms with van der Waals surface area (Å²) in [6.45, 7) is 1.26. The van der Waals surface area contributed by atoms with Gasteiger partial charge in [-0.1, -0.05) is 23.7 Å². The molecule has 1 heterocycles. The largest absolute Gasteiger partial charge is 0.411 e. The first-order valence-electron chi connectivity index (χ1n) is 7.90. The van der Waals surface area contributed by atoms with Crippen LogP contribution in [0.1, 0.15) is 28.5 Å². The van der Waals surface area contributed by atoms with Gasteiger partial charge in [0, 0.05) is 25.4 Å². The van der Waals surface area contributed by atoms with Crippen LogP contribution in [0.5, 0.6) is 0 Å². The van der Waals surface area contributed by atoms with Crippen LogP contribution in [0.15, 0.2) is 30.5 Å². The molecular formula is C17H19ClF3N3O2. The van der Waals surface area contributed by atoms with Crippen molar-refractivity contribution in [1.82, 2.24) is 14.7 Å². The second-order valence-corrected chi connectivity index (χ2v) is 6.16. The molecule has 0 aliphatic heterocycles. The molecule has 5 nitrogen and oxygen atoms in total. The molecule has 2 aromatic rings. The van der Waals surface area contributed by atoms with E-state index >= 15 is 0 Å². The summed E-state index contributed by atoms with van der Waals surface area (Å²) in [7, 11) is 1.61. The van der Waals surface area contributed by atoms with Gasteiger partial charge in [-0.3, -0.25) is 9.48 Å². The highest BCUT2D eigenvalue weighted by Crippen LogP contribution is 2.18. The Morgan fingerprint density at radius 2 is 2.12 bits per heavy atom. The lowest BCUT2D eigenvalue weighted by Crippen LogP contribution is -2.26. The number of amides is 1. The minimum Gasteiger partial charge on any atom is -0.367 e. The van der Waals surface area contributed by atoms with Crippen molar-refractivity contribution >= 4 is 17.5 Å². The molecule has 0 aliphatic rings. The zero-order valence-corrected chi connectivity index (χ0v) is 15.1. The van der Waals surface area contributed by atoms with E-state index in [-0.39, 0.29) is 19.1 Å². The van der Waals surface area contributed by atoms with E-state index in [2.05, 4.69) is 9.84 Å². The average Bonchev–Trinajstić information content (AvgIpc) is 2.93. The topological polar surface area (TPSA) is 47.4 Å². The van der Waals surface area contributed by atoms with E-state index in [0.29, 0.717) is 28.4 Å². The van der Waals surface area contributed by atoms with E-state index in [0.717, 1.165) is 0 Å². The van der Waals surface area contributed by atoms with Crippen molar-refractivity contribution < 1.29 is 22.7 Å². The highest BCUT2D eigenvalue weighted by atomic mass is 35.5. The smallest absolute Gasteiger partial charge is 0.367 e. The van der Waals surface area contributed by atoms with Crippen molar-refractivity contribution in [3.63, 3.8) is 0 Å². The minimum atomic E-state index is -4.38. The predicted molar refractivity (Wildman–Crippen MR) is 90.9 cm³/mol. The molecule has 0 atom stereocenters. The third-order valence-electron chi connectivity index (χ3n) is 3.55. The summed E-state index contributed by atoms with van der Waals surface area (Å²) >= 11 is 6.11. The van der Waals surface area contributed by atoms with E-state index in [1.807, 2.05) is 6.92 Å². The molecule has 1 aromatic carbocycles. The maximum absolute atomic E-state index is 12.5. The number of ether oxygens (including phenoxy) is 1. The number of carbonyl (C=O) groups is 1. The first-order chi connectivity index (χ1) is 12.2. The Bertz CT molecular complexity index is 762. The average molecular weight is 390 g/mol. The lowest BCUT2D eigenvalue weighted by molar-refractivity contribution is -0.176. The summed E-state index contributed by atoms with van der Waals surface area (Å²) in [5.41, 5.74) is 1.42. The normalized spacial score (nSPS) is 11.6. The lowest BCUT2D eigenvalue weighted by atomic mass is 10.1. The Labute approximate surface area is 154 Å². The SMILES string of the molecule is CCn1cc(Cl)c(CN(C)C(=O)c2cccc(COCC(F)(F)F)c2)n1. The number of halogens is 4.